The number of ketones is 1. The van der Waals surface area contributed by atoms with E-state index in [-0.39, 0.29) is 42.1 Å². The number of Topliss-reactive ketones (excluding diaryl/α,β-unsaturated/α-hetero) is 1. The Morgan fingerprint density at radius 3 is 2.78 bits per heavy atom. The minimum atomic E-state index is -4.70. The molecule has 3 heterocycles. The topological polar surface area (TPSA) is 81.9 Å². The molecule has 0 amide bonds. The molecule has 0 spiro atoms. The second-order valence-corrected chi connectivity index (χ2v) is 6.93. The average Bonchev–Trinajstić information content (AvgIpc) is 3.25. The number of nitrogens with one attached hydrogen (secondary N) is 1. The lowest BCUT2D eigenvalue weighted by Gasteiger charge is -2.24. The summed E-state index contributed by atoms with van der Waals surface area (Å²) in [4.78, 5) is 19.2. The van der Waals surface area contributed by atoms with Gasteiger partial charge in [0, 0.05) is 43.5 Å². The lowest BCUT2D eigenvalue weighted by Crippen LogP contribution is -2.33. The Morgan fingerprint density at radius 1 is 1.28 bits per heavy atom. The van der Waals surface area contributed by atoms with Gasteiger partial charge in [-0.2, -0.15) is 18.3 Å². The van der Waals surface area contributed by atoms with Gasteiger partial charge in [0.25, 0.3) is 0 Å². The SMILES string of the molecule is Cl.O=C(Cc1ccc([C@H]2CNCCO2)c(F)c1)c1cnn(-c2ccnc(C(F)(F)F)n2)c1. The third-order valence-corrected chi connectivity index (χ3v) is 4.74. The Morgan fingerprint density at radius 2 is 2.09 bits per heavy atom. The van der Waals surface area contributed by atoms with Crippen LogP contribution in [0.4, 0.5) is 17.6 Å². The van der Waals surface area contributed by atoms with Gasteiger partial charge < -0.3 is 10.1 Å². The quantitative estimate of drug-likeness (QED) is 0.454. The largest absolute Gasteiger partial charge is 0.451 e. The van der Waals surface area contributed by atoms with Gasteiger partial charge in [0.2, 0.25) is 5.82 Å². The molecule has 12 heteroatoms. The number of nitrogens with zero attached hydrogens (tertiary/aromatic N) is 4. The van der Waals surface area contributed by atoms with E-state index in [1.165, 1.54) is 24.5 Å². The number of halogens is 5. The Bertz CT molecular complexity index is 1100. The van der Waals surface area contributed by atoms with E-state index in [0.29, 0.717) is 30.8 Å². The summed E-state index contributed by atoms with van der Waals surface area (Å²) >= 11 is 0. The summed E-state index contributed by atoms with van der Waals surface area (Å²) in [6, 6.07) is 5.78. The highest BCUT2D eigenvalue weighted by molar-refractivity contribution is 5.97. The molecule has 1 N–H and O–H groups in total. The van der Waals surface area contributed by atoms with Crippen molar-refractivity contribution in [1.82, 2.24) is 25.1 Å². The number of hydrogen-bond donors (Lipinski definition) is 1. The minimum Gasteiger partial charge on any atom is -0.371 e. The number of benzene rings is 1. The highest BCUT2D eigenvalue weighted by atomic mass is 35.5. The maximum absolute atomic E-state index is 14.5. The van der Waals surface area contributed by atoms with Gasteiger partial charge in [-0.25, -0.2) is 19.0 Å². The lowest BCUT2D eigenvalue weighted by molar-refractivity contribution is -0.145. The smallest absolute Gasteiger partial charge is 0.371 e. The fraction of sp³-hybridized carbons (Fsp3) is 0.300. The number of hydrogen-bond acceptors (Lipinski definition) is 6. The van der Waals surface area contributed by atoms with E-state index in [0.717, 1.165) is 10.9 Å². The fourth-order valence-corrected chi connectivity index (χ4v) is 3.20. The van der Waals surface area contributed by atoms with Crippen molar-refractivity contribution in [2.45, 2.75) is 18.7 Å². The van der Waals surface area contributed by atoms with Gasteiger partial charge in [0.05, 0.1) is 24.5 Å². The molecular formula is C20H18ClF4N5O2. The van der Waals surface area contributed by atoms with Crippen LogP contribution in [0.3, 0.4) is 0 Å². The zero-order chi connectivity index (χ0) is 22.0. The molecule has 1 aromatic carbocycles. The van der Waals surface area contributed by atoms with E-state index in [4.69, 9.17) is 4.74 Å². The van der Waals surface area contributed by atoms with Crippen LogP contribution in [0.15, 0.2) is 42.9 Å². The first-order valence-electron chi connectivity index (χ1n) is 9.40. The van der Waals surface area contributed by atoms with Crippen LogP contribution in [0.1, 0.15) is 33.4 Å². The van der Waals surface area contributed by atoms with Crippen molar-refractivity contribution in [2.24, 2.45) is 0 Å². The van der Waals surface area contributed by atoms with Gasteiger partial charge in [-0.15, -0.1) is 12.4 Å². The van der Waals surface area contributed by atoms with E-state index in [1.54, 1.807) is 12.1 Å². The van der Waals surface area contributed by atoms with Gasteiger partial charge in [0.1, 0.15) is 5.82 Å². The summed E-state index contributed by atoms with van der Waals surface area (Å²) < 4.78 is 59.5. The summed E-state index contributed by atoms with van der Waals surface area (Å²) in [6.07, 6.45) is -1.71. The predicted octanol–water partition coefficient (Wildman–Crippen LogP) is 3.33. The maximum Gasteiger partial charge on any atom is 0.451 e. The molecule has 0 saturated carbocycles. The van der Waals surface area contributed by atoms with Crippen LogP contribution in [0, 0.1) is 5.82 Å². The zero-order valence-corrected chi connectivity index (χ0v) is 17.3. The maximum atomic E-state index is 14.5. The van der Waals surface area contributed by atoms with E-state index in [1.807, 2.05) is 0 Å². The molecule has 0 unspecified atom stereocenters. The molecular weight excluding hydrogens is 454 g/mol. The molecule has 32 heavy (non-hydrogen) atoms. The number of morpholine rings is 1. The van der Waals surface area contributed by atoms with Crippen molar-refractivity contribution in [2.75, 3.05) is 19.7 Å². The van der Waals surface area contributed by atoms with Gasteiger partial charge >= 0.3 is 6.18 Å². The van der Waals surface area contributed by atoms with Gasteiger partial charge in [0.15, 0.2) is 11.6 Å². The summed E-state index contributed by atoms with van der Waals surface area (Å²) in [6.45, 7) is 1.71. The van der Waals surface area contributed by atoms with Crippen molar-refractivity contribution in [1.29, 1.82) is 0 Å². The number of carbonyl (C=O) groups is 1. The van der Waals surface area contributed by atoms with E-state index in [2.05, 4.69) is 20.4 Å². The number of alkyl halides is 3. The molecule has 0 aliphatic carbocycles. The normalized spacial score (nSPS) is 16.4. The van der Waals surface area contributed by atoms with Crippen LogP contribution in [0.5, 0.6) is 0 Å². The van der Waals surface area contributed by atoms with Gasteiger partial charge in [-0.05, 0) is 11.6 Å². The van der Waals surface area contributed by atoms with Gasteiger partial charge in [-0.3, -0.25) is 4.79 Å². The van der Waals surface area contributed by atoms with Crippen LogP contribution in [-0.2, 0) is 17.3 Å². The number of rotatable bonds is 5. The number of ether oxygens (including phenoxy) is 1. The third-order valence-electron chi connectivity index (χ3n) is 4.74. The Balaban J connectivity index is 0.00000289. The molecule has 0 radical (unpaired) electrons. The van der Waals surface area contributed by atoms with Crippen LogP contribution < -0.4 is 5.32 Å². The first kappa shape index (κ1) is 23.8. The van der Waals surface area contributed by atoms with Crippen molar-refractivity contribution >= 4 is 18.2 Å². The lowest BCUT2D eigenvalue weighted by atomic mass is 10.0. The standard InChI is InChI=1S/C20H17F4N5O2.ClH/c21-15-7-12(1-2-14(15)17-10-25-5-6-31-17)8-16(30)13-9-27-29(11-13)18-3-4-26-19(28-18)20(22,23)24;/h1-4,7,9,11,17,25H,5-6,8,10H2;1H/t17-;/m1./s1. The Hall–Kier alpha value is -2.89. The van der Waals surface area contributed by atoms with Crippen molar-refractivity contribution < 1.29 is 27.1 Å². The molecule has 3 aromatic rings. The summed E-state index contributed by atoms with van der Waals surface area (Å²) in [5, 5.41) is 7.04. The monoisotopic (exact) mass is 471 g/mol. The second kappa shape index (κ2) is 9.72. The van der Waals surface area contributed by atoms with E-state index < -0.39 is 17.8 Å². The second-order valence-electron chi connectivity index (χ2n) is 6.93. The van der Waals surface area contributed by atoms with Crippen molar-refractivity contribution in [3.63, 3.8) is 0 Å². The summed E-state index contributed by atoms with van der Waals surface area (Å²) in [5.74, 6) is -2.26. The summed E-state index contributed by atoms with van der Waals surface area (Å²) in [5.41, 5.74) is 1.04. The predicted molar refractivity (Wildman–Crippen MR) is 107 cm³/mol. The van der Waals surface area contributed by atoms with E-state index in [9.17, 15) is 22.4 Å². The van der Waals surface area contributed by atoms with Crippen LogP contribution >= 0.6 is 12.4 Å². The molecule has 1 aliphatic rings. The van der Waals surface area contributed by atoms with Crippen LogP contribution in [0.2, 0.25) is 0 Å². The molecule has 1 atom stereocenters. The molecule has 170 valence electrons. The van der Waals surface area contributed by atoms with Crippen LogP contribution in [-0.4, -0.2) is 45.2 Å². The number of aromatic nitrogens is 4. The highest BCUT2D eigenvalue weighted by Crippen LogP contribution is 2.26. The molecule has 1 aliphatic heterocycles. The molecule has 0 bridgehead atoms. The Labute approximate surface area is 186 Å². The Kier molecular flexibility index (Phi) is 7.22. The molecule has 1 saturated heterocycles. The number of carbonyl (C=O) groups excluding carboxylic acids is 1. The zero-order valence-electron chi connectivity index (χ0n) is 16.5. The molecule has 4 rings (SSSR count). The third kappa shape index (κ3) is 5.29. The first-order valence-corrected chi connectivity index (χ1v) is 9.40. The van der Waals surface area contributed by atoms with Gasteiger partial charge in [-0.1, -0.05) is 12.1 Å². The van der Waals surface area contributed by atoms with Crippen molar-refractivity contribution in [3.05, 3.63) is 71.2 Å². The van der Waals surface area contributed by atoms with Crippen LogP contribution in [0.25, 0.3) is 5.82 Å². The summed E-state index contributed by atoms with van der Waals surface area (Å²) in [7, 11) is 0. The molecule has 7 nitrogen and oxygen atoms in total. The molecule has 1 fully saturated rings. The molecule has 2 aromatic heterocycles. The van der Waals surface area contributed by atoms with E-state index >= 15 is 0 Å². The minimum absolute atomic E-state index is 0. The average molecular weight is 472 g/mol. The first-order chi connectivity index (χ1) is 14.8. The highest BCUT2D eigenvalue weighted by Gasteiger charge is 2.34. The van der Waals surface area contributed by atoms with Crippen molar-refractivity contribution in [3.8, 4) is 5.82 Å². The fourth-order valence-electron chi connectivity index (χ4n) is 3.20.